The minimum atomic E-state index is -0.808. The van der Waals surface area contributed by atoms with Crippen molar-refractivity contribution in [3.63, 3.8) is 0 Å². The van der Waals surface area contributed by atoms with Crippen LogP contribution in [-0.4, -0.2) is 16.1 Å². The summed E-state index contributed by atoms with van der Waals surface area (Å²) in [6.07, 6.45) is 1.49. The molecule has 0 bridgehead atoms. The van der Waals surface area contributed by atoms with Gasteiger partial charge in [0, 0.05) is 12.5 Å². The third-order valence-electron chi connectivity index (χ3n) is 2.86. The van der Waals surface area contributed by atoms with Crippen molar-refractivity contribution in [1.82, 2.24) is 4.98 Å². The lowest BCUT2D eigenvalue weighted by molar-refractivity contribution is -0.137. The molecule has 0 aliphatic rings. The van der Waals surface area contributed by atoms with E-state index in [1.165, 1.54) is 0 Å². The number of hydrogen-bond acceptors (Lipinski definition) is 4. The van der Waals surface area contributed by atoms with E-state index in [2.05, 4.69) is 11.9 Å². The maximum Gasteiger partial charge on any atom is 0.303 e. The zero-order valence-electron chi connectivity index (χ0n) is 10.2. The highest BCUT2D eigenvalue weighted by atomic mass is 32.1. The molecule has 0 fully saturated rings. The summed E-state index contributed by atoms with van der Waals surface area (Å²) in [7, 11) is 0. The Balaban J connectivity index is 2.20. The van der Waals surface area contributed by atoms with Crippen molar-refractivity contribution in [2.75, 3.05) is 0 Å². The topological polar surface area (TPSA) is 76.2 Å². The van der Waals surface area contributed by atoms with Gasteiger partial charge in [-0.2, -0.15) is 0 Å². The Kier molecular flexibility index (Phi) is 3.93. The van der Waals surface area contributed by atoms with E-state index >= 15 is 0 Å². The van der Waals surface area contributed by atoms with E-state index in [4.69, 9.17) is 10.8 Å². The molecule has 1 aromatic heterocycles. The van der Waals surface area contributed by atoms with Crippen LogP contribution in [0.5, 0.6) is 0 Å². The molecule has 0 radical (unpaired) electrons. The highest BCUT2D eigenvalue weighted by molar-refractivity contribution is 7.18. The average molecular weight is 264 g/mol. The summed E-state index contributed by atoms with van der Waals surface area (Å²) < 4.78 is 1.12. The summed E-state index contributed by atoms with van der Waals surface area (Å²) >= 11 is 1.67. The second kappa shape index (κ2) is 5.46. The van der Waals surface area contributed by atoms with Gasteiger partial charge in [-0.05, 0) is 30.5 Å². The maximum absolute atomic E-state index is 10.5. The van der Waals surface area contributed by atoms with Crippen LogP contribution < -0.4 is 5.73 Å². The molecule has 0 spiro atoms. The molecule has 1 unspecified atom stereocenters. The van der Waals surface area contributed by atoms with Crippen LogP contribution in [0.2, 0.25) is 0 Å². The van der Waals surface area contributed by atoms with Gasteiger partial charge in [-0.25, -0.2) is 4.98 Å². The lowest BCUT2D eigenvalue weighted by Gasteiger charge is -2.10. The van der Waals surface area contributed by atoms with E-state index in [0.717, 1.165) is 27.2 Å². The molecule has 1 atom stereocenters. The Labute approximate surface area is 109 Å². The number of nitrogens with two attached hydrogens (primary N) is 1. The molecule has 0 amide bonds. The number of rotatable bonds is 5. The van der Waals surface area contributed by atoms with Crippen molar-refractivity contribution >= 4 is 27.5 Å². The largest absolute Gasteiger partial charge is 0.481 e. The second-order valence-corrected chi connectivity index (χ2v) is 5.34. The first kappa shape index (κ1) is 13.0. The number of fused-ring (bicyclic) bond motifs is 1. The Morgan fingerprint density at radius 3 is 3.00 bits per heavy atom. The summed E-state index contributed by atoms with van der Waals surface area (Å²) in [6.45, 7) is 2.08. The van der Waals surface area contributed by atoms with Crippen LogP contribution in [0.4, 0.5) is 0 Å². The van der Waals surface area contributed by atoms with E-state index in [1.807, 2.05) is 18.2 Å². The molecule has 96 valence electrons. The maximum atomic E-state index is 10.5. The number of benzene rings is 1. The fourth-order valence-electron chi connectivity index (χ4n) is 1.82. The fourth-order valence-corrected chi connectivity index (χ4v) is 2.77. The van der Waals surface area contributed by atoms with E-state index in [1.54, 1.807) is 11.3 Å². The number of hydrogen-bond donors (Lipinski definition) is 2. The van der Waals surface area contributed by atoms with Crippen molar-refractivity contribution in [2.24, 2.45) is 5.73 Å². The van der Waals surface area contributed by atoms with Crippen LogP contribution >= 0.6 is 11.3 Å². The molecule has 0 saturated heterocycles. The first-order valence-electron chi connectivity index (χ1n) is 5.97. The van der Waals surface area contributed by atoms with Gasteiger partial charge in [-0.1, -0.05) is 13.0 Å². The third-order valence-corrected chi connectivity index (χ3v) is 4.02. The summed E-state index contributed by atoms with van der Waals surface area (Å²) in [5, 5.41) is 9.77. The van der Waals surface area contributed by atoms with Crippen LogP contribution in [0.25, 0.3) is 10.2 Å². The van der Waals surface area contributed by atoms with Gasteiger partial charge in [0.25, 0.3) is 0 Å². The molecule has 0 aliphatic heterocycles. The van der Waals surface area contributed by atoms with Gasteiger partial charge in [0.2, 0.25) is 0 Å². The van der Waals surface area contributed by atoms with Gasteiger partial charge in [-0.3, -0.25) is 4.79 Å². The van der Waals surface area contributed by atoms with Crippen LogP contribution in [-0.2, 0) is 11.2 Å². The van der Waals surface area contributed by atoms with E-state index in [0.29, 0.717) is 6.42 Å². The third kappa shape index (κ3) is 2.86. The van der Waals surface area contributed by atoms with Gasteiger partial charge in [-0.15, -0.1) is 11.3 Å². The predicted octanol–water partition coefficient (Wildman–Crippen LogP) is 2.72. The van der Waals surface area contributed by atoms with Crippen molar-refractivity contribution < 1.29 is 9.90 Å². The minimum absolute atomic E-state index is 0.0993. The van der Waals surface area contributed by atoms with Gasteiger partial charge in [0.1, 0.15) is 0 Å². The molecular formula is C13H16N2O2S. The lowest BCUT2D eigenvalue weighted by atomic mass is 10.0. The molecule has 0 saturated carbocycles. The molecule has 2 aromatic rings. The first-order chi connectivity index (χ1) is 8.60. The Morgan fingerprint density at radius 1 is 1.56 bits per heavy atom. The smallest absolute Gasteiger partial charge is 0.303 e. The quantitative estimate of drug-likeness (QED) is 0.870. The van der Waals surface area contributed by atoms with Crippen LogP contribution in [0.3, 0.4) is 0 Å². The fraction of sp³-hybridized carbons (Fsp3) is 0.385. The van der Waals surface area contributed by atoms with Gasteiger partial charge < -0.3 is 10.8 Å². The van der Waals surface area contributed by atoms with E-state index in [-0.39, 0.29) is 12.5 Å². The first-order valence-corrected chi connectivity index (χ1v) is 6.78. The molecular weight excluding hydrogens is 248 g/mol. The monoisotopic (exact) mass is 264 g/mol. The van der Waals surface area contributed by atoms with E-state index in [9.17, 15) is 4.79 Å². The zero-order valence-corrected chi connectivity index (χ0v) is 11.0. The van der Waals surface area contributed by atoms with Crippen LogP contribution in [0.1, 0.15) is 36.4 Å². The number of carboxylic acids is 1. The molecule has 1 aromatic carbocycles. The normalized spacial score (nSPS) is 12.8. The summed E-state index contributed by atoms with van der Waals surface area (Å²) in [6, 6.07) is 5.70. The average Bonchev–Trinajstić information content (AvgIpc) is 2.77. The number of aliphatic carboxylic acids is 1. The molecule has 18 heavy (non-hydrogen) atoms. The highest BCUT2D eigenvalue weighted by Gasteiger charge is 2.10. The molecule has 2 rings (SSSR count). The number of thiazole rings is 1. The van der Waals surface area contributed by atoms with Crippen LogP contribution in [0, 0.1) is 0 Å². The Bertz CT molecular complexity index is 565. The summed E-state index contributed by atoms with van der Waals surface area (Å²) in [5.74, 6) is -0.808. The number of aryl methyl sites for hydroxylation is 1. The molecule has 3 N–H and O–H groups in total. The van der Waals surface area contributed by atoms with Gasteiger partial charge in [0.05, 0.1) is 15.2 Å². The van der Waals surface area contributed by atoms with Crippen LogP contribution in [0.15, 0.2) is 18.2 Å². The Hall–Kier alpha value is -1.46. The zero-order chi connectivity index (χ0) is 13.1. The molecule has 0 aliphatic carbocycles. The molecule has 1 heterocycles. The number of carboxylic acid groups (broad SMARTS) is 1. The van der Waals surface area contributed by atoms with Gasteiger partial charge >= 0.3 is 5.97 Å². The summed E-state index contributed by atoms with van der Waals surface area (Å²) in [5.41, 5.74) is 7.97. The standard InChI is InChI=1S/C13H16N2O2S/c1-2-12-15-10-5-3-8(7-11(10)18-12)9(14)4-6-13(16)17/h3,5,7,9H,2,4,6,14H2,1H3,(H,16,17). The van der Waals surface area contributed by atoms with Crippen molar-refractivity contribution in [1.29, 1.82) is 0 Å². The van der Waals surface area contributed by atoms with E-state index < -0.39 is 5.97 Å². The molecule has 4 nitrogen and oxygen atoms in total. The van der Waals surface area contributed by atoms with Crippen molar-refractivity contribution in [3.05, 3.63) is 28.8 Å². The number of aromatic nitrogens is 1. The lowest BCUT2D eigenvalue weighted by Crippen LogP contribution is -2.12. The predicted molar refractivity (Wildman–Crippen MR) is 72.8 cm³/mol. The van der Waals surface area contributed by atoms with Crippen molar-refractivity contribution in [3.8, 4) is 0 Å². The SMILES string of the molecule is CCc1nc2ccc(C(N)CCC(=O)O)cc2s1. The highest BCUT2D eigenvalue weighted by Crippen LogP contribution is 2.26. The Morgan fingerprint density at radius 2 is 2.33 bits per heavy atom. The number of carbonyl (C=O) groups is 1. The second-order valence-electron chi connectivity index (χ2n) is 4.23. The van der Waals surface area contributed by atoms with Crippen molar-refractivity contribution in [2.45, 2.75) is 32.2 Å². The number of nitrogens with zero attached hydrogens (tertiary/aromatic N) is 1. The molecule has 5 heteroatoms. The van der Waals surface area contributed by atoms with Gasteiger partial charge in [0.15, 0.2) is 0 Å². The summed E-state index contributed by atoms with van der Waals surface area (Å²) in [4.78, 5) is 15.0. The minimum Gasteiger partial charge on any atom is -0.481 e.